The van der Waals surface area contributed by atoms with Gasteiger partial charge >= 0.3 is 18.2 Å². The third kappa shape index (κ3) is 6.88. The number of carbonyl (C=O) groups excluding carboxylic acids is 2. The second kappa shape index (κ2) is 10.1. The quantitative estimate of drug-likeness (QED) is 0.704. The minimum Gasteiger partial charge on any atom is -0.406 e. The van der Waals surface area contributed by atoms with Gasteiger partial charge in [0.15, 0.2) is 0 Å². The third-order valence-corrected chi connectivity index (χ3v) is 5.46. The van der Waals surface area contributed by atoms with Crippen molar-refractivity contribution in [2.75, 3.05) is 38.2 Å². The Balaban J connectivity index is 1.37. The zero-order valence-electron chi connectivity index (χ0n) is 16.5. The maximum absolute atomic E-state index is 12.2. The Labute approximate surface area is 172 Å². The van der Waals surface area contributed by atoms with Gasteiger partial charge in [-0.3, -0.25) is 9.59 Å². The standard InChI is InChI=1S/C20H26F3N3O4/c21-20(22,23)30-17-3-1-15(2-4-17)25-19(28)18(27)24-13-14-5-9-26(10-6-14)16-7-11-29-12-8-16/h1-4,14,16H,5-13H2,(H,24,27)(H,25,28). The average molecular weight is 429 g/mol. The number of hydrogen-bond acceptors (Lipinski definition) is 5. The van der Waals surface area contributed by atoms with Crippen molar-refractivity contribution in [2.45, 2.75) is 38.1 Å². The van der Waals surface area contributed by atoms with E-state index >= 15 is 0 Å². The second-order valence-corrected chi connectivity index (χ2v) is 7.56. The average Bonchev–Trinajstić information content (AvgIpc) is 2.73. The minimum absolute atomic E-state index is 0.203. The summed E-state index contributed by atoms with van der Waals surface area (Å²) in [5, 5.41) is 5.01. The molecule has 3 rings (SSSR count). The number of halogens is 3. The molecule has 2 N–H and O–H groups in total. The van der Waals surface area contributed by atoms with Crippen LogP contribution in [0.2, 0.25) is 0 Å². The van der Waals surface area contributed by atoms with Gasteiger partial charge in [-0.2, -0.15) is 0 Å². The Morgan fingerprint density at radius 2 is 1.67 bits per heavy atom. The van der Waals surface area contributed by atoms with Crippen molar-refractivity contribution in [3.05, 3.63) is 24.3 Å². The number of nitrogens with zero attached hydrogens (tertiary/aromatic N) is 1. The van der Waals surface area contributed by atoms with Gasteiger partial charge in [0.25, 0.3) is 0 Å². The number of piperidine rings is 1. The predicted octanol–water partition coefficient (Wildman–Crippen LogP) is 2.53. The van der Waals surface area contributed by atoms with E-state index in [1.165, 1.54) is 12.1 Å². The van der Waals surface area contributed by atoms with Crippen LogP contribution in [0.3, 0.4) is 0 Å². The van der Waals surface area contributed by atoms with Crippen LogP contribution in [0.5, 0.6) is 5.75 Å². The molecule has 1 aromatic rings. The van der Waals surface area contributed by atoms with Crippen LogP contribution < -0.4 is 15.4 Å². The lowest BCUT2D eigenvalue weighted by Crippen LogP contribution is -2.46. The smallest absolute Gasteiger partial charge is 0.406 e. The zero-order chi connectivity index (χ0) is 21.6. The molecule has 1 aromatic carbocycles. The molecule has 0 radical (unpaired) electrons. The Hall–Kier alpha value is -2.33. The summed E-state index contributed by atoms with van der Waals surface area (Å²) in [7, 11) is 0. The molecule has 166 valence electrons. The Kier molecular flexibility index (Phi) is 7.54. The van der Waals surface area contributed by atoms with E-state index in [-0.39, 0.29) is 5.69 Å². The van der Waals surface area contributed by atoms with E-state index in [2.05, 4.69) is 20.3 Å². The van der Waals surface area contributed by atoms with Crippen molar-refractivity contribution in [3.63, 3.8) is 0 Å². The molecule has 7 nitrogen and oxygen atoms in total. The first-order valence-corrected chi connectivity index (χ1v) is 10.1. The first kappa shape index (κ1) is 22.4. The van der Waals surface area contributed by atoms with Crippen molar-refractivity contribution in [2.24, 2.45) is 5.92 Å². The number of benzene rings is 1. The van der Waals surface area contributed by atoms with E-state index in [0.29, 0.717) is 18.5 Å². The van der Waals surface area contributed by atoms with Crippen LogP contribution in [-0.4, -0.2) is 62.0 Å². The van der Waals surface area contributed by atoms with Gasteiger partial charge in [0.05, 0.1) is 0 Å². The normalized spacial score (nSPS) is 19.3. The molecule has 2 saturated heterocycles. The van der Waals surface area contributed by atoms with Crippen molar-refractivity contribution in [1.82, 2.24) is 10.2 Å². The van der Waals surface area contributed by atoms with Crippen molar-refractivity contribution in [3.8, 4) is 5.75 Å². The fraction of sp³-hybridized carbons (Fsp3) is 0.600. The Bertz CT molecular complexity index is 713. The highest BCUT2D eigenvalue weighted by atomic mass is 19.4. The molecule has 2 heterocycles. The van der Waals surface area contributed by atoms with Crippen LogP contribution in [0.1, 0.15) is 25.7 Å². The summed E-state index contributed by atoms with van der Waals surface area (Å²) in [5.74, 6) is -1.72. The summed E-state index contributed by atoms with van der Waals surface area (Å²) in [6.45, 7) is 4.00. The van der Waals surface area contributed by atoms with E-state index in [9.17, 15) is 22.8 Å². The number of hydrogen-bond donors (Lipinski definition) is 2. The third-order valence-electron chi connectivity index (χ3n) is 5.46. The second-order valence-electron chi connectivity index (χ2n) is 7.56. The number of anilines is 1. The monoisotopic (exact) mass is 429 g/mol. The number of nitrogens with one attached hydrogen (secondary N) is 2. The number of amides is 2. The molecule has 0 saturated carbocycles. The number of likely N-dealkylation sites (tertiary alicyclic amines) is 1. The van der Waals surface area contributed by atoms with Crippen LogP contribution in [0, 0.1) is 5.92 Å². The molecular formula is C20H26F3N3O4. The van der Waals surface area contributed by atoms with Crippen LogP contribution in [0.4, 0.5) is 18.9 Å². The van der Waals surface area contributed by atoms with Gasteiger partial charge in [-0.05, 0) is 69.0 Å². The molecule has 0 bridgehead atoms. The number of alkyl halides is 3. The molecular weight excluding hydrogens is 403 g/mol. The largest absolute Gasteiger partial charge is 0.573 e. The summed E-state index contributed by atoms with van der Waals surface area (Å²) in [6, 6.07) is 5.17. The van der Waals surface area contributed by atoms with Gasteiger partial charge in [0.2, 0.25) is 0 Å². The highest BCUT2D eigenvalue weighted by molar-refractivity contribution is 6.39. The Morgan fingerprint density at radius 1 is 1.03 bits per heavy atom. The van der Waals surface area contributed by atoms with Crippen LogP contribution in [0.15, 0.2) is 24.3 Å². The lowest BCUT2D eigenvalue weighted by atomic mass is 9.94. The number of carbonyl (C=O) groups is 2. The van der Waals surface area contributed by atoms with E-state index in [1.807, 2.05) is 0 Å². The van der Waals surface area contributed by atoms with Gasteiger partial charge in [-0.1, -0.05) is 0 Å². The molecule has 0 unspecified atom stereocenters. The van der Waals surface area contributed by atoms with Gasteiger partial charge < -0.3 is 25.0 Å². The van der Waals surface area contributed by atoms with Crippen molar-refractivity contribution < 1.29 is 32.2 Å². The first-order chi connectivity index (χ1) is 14.3. The molecule has 2 aliphatic rings. The lowest BCUT2D eigenvalue weighted by Gasteiger charge is -2.39. The highest BCUT2D eigenvalue weighted by Gasteiger charge is 2.31. The molecule has 2 fully saturated rings. The molecule has 0 aromatic heterocycles. The van der Waals surface area contributed by atoms with Gasteiger partial charge in [-0.15, -0.1) is 13.2 Å². The van der Waals surface area contributed by atoms with Gasteiger partial charge in [0.1, 0.15) is 5.75 Å². The maximum atomic E-state index is 12.2. The lowest BCUT2D eigenvalue weighted by molar-refractivity contribution is -0.274. The maximum Gasteiger partial charge on any atom is 0.573 e. The molecule has 0 atom stereocenters. The SMILES string of the molecule is O=C(NCC1CCN(C2CCOCC2)CC1)C(=O)Nc1ccc(OC(F)(F)F)cc1. The molecule has 30 heavy (non-hydrogen) atoms. The topological polar surface area (TPSA) is 79.9 Å². The molecule has 0 spiro atoms. The van der Waals surface area contributed by atoms with Crippen LogP contribution >= 0.6 is 0 Å². The molecule has 10 heteroatoms. The summed E-state index contributed by atoms with van der Waals surface area (Å²) < 4.78 is 45.6. The van der Waals surface area contributed by atoms with Gasteiger partial charge in [-0.25, -0.2) is 0 Å². The molecule has 2 aliphatic heterocycles. The van der Waals surface area contributed by atoms with Crippen LogP contribution in [0.25, 0.3) is 0 Å². The first-order valence-electron chi connectivity index (χ1n) is 10.1. The minimum atomic E-state index is -4.79. The summed E-state index contributed by atoms with van der Waals surface area (Å²) in [5.41, 5.74) is 0.203. The summed E-state index contributed by atoms with van der Waals surface area (Å²) in [4.78, 5) is 26.5. The van der Waals surface area contributed by atoms with E-state index in [0.717, 1.165) is 64.1 Å². The van der Waals surface area contributed by atoms with E-state index in [1.54, 1.807) is 0 Å². The van der Waals surface area contributed by atoms with Crippen molar-refractivity contribution in [1.29, 1.82) is 0 Å². The highest BCUT2D eigenvalue weighted by Crippen LogP contribution is 2.24. The summed E-state index contributed by atoms with van der Waals surface area (Å²) >= 11 is 0. The molecule has 0 aliphatic carbocycles. The van der Waals surface area contributed by atoms with E-state index < -0.39 is 23.9 Å². The van der Waals surface area contributed by atoms with Crippen LogP contribution in [-0.2, 0) is 14.3 Å². The fourth-order valence-corrected chi connectivity index (χ4v) is 3.82. The number of rotatable bonds is 5. The number of ether oxygens (including phenoxy) is 2. The van der Waals surface area contributed by atoms with E-state index in [4.69, 9.17) is 4.74 Å². The van der Waals surface area contributed by atoms with Gasteiger partial charge in [0, 0.05) is 31.5 Å². The zero-order valence-corrected chi connectivity index (χ0v) is 16.5. The molecule has 2 amide bonds. The Morgan fingerprint density at radius 3 is 2.27 bits per heavy atom. The van der Waals surface area contributed by atoms with Crippen molar-refractivity contribution >= 4 is 17.5 Å². The predicted molar refractivity (Wildman–Crippen MR) is 103 cm³/mol. The fourth-order valence-electron chi connectivity index (χ4n) is 3.82. The summed E-state index contributed by atoms with van der Waals surface area (Å²) in [6.07, 6.45) is -0.749.